The van der Waals surface area contributed by atoms with E-state index in [0.717, 1.165) is 60.7 Å². The molecule has 0 bridgehead atoms. The molecule has 0 amide bonds. The molecule has 7 heteroatoms. The molecule has 3 aliphatic rings. The monoisotopic (exact) mass is 470 g/mol. The molecule has 30 heavy (non-hydrogen) atoms. The number of morpholine rings is 1. The van der Waals surface area contributed by atoms with Gasteiger partial charge in [0.2, 0.25) is 5.78 Å². The molecule has 0 radical (unpaired) electrons. The van der Waals surface area contributed by atoms with Crippen molar-refractivity contribution in [2.24, 2.45) is 0 Å². The van der Waals surface area contributed by atoms with E-state index in [-0.39, 0.29) is 5.78 Å². The van der Waals surface area contributed by atoms with Gasteiger partial charge in [-0.2, -0.15) is 0 Å². The Bertz CT molecular complexity index is 983. The largest absolute Gasteiger partial charge is 0.478 e. The number of hydrogen-bond donors (Lipinski definition) is 0. The smallest absolute Gasteiger partial charge is 0.231 e. The third-order valence-corrected chi connectivity index (χ3v) is 6.21. The molecule has 1 fully saturated rings. The van der Waals surface area contributed by atoms with Crippen molar-refractivity contribution in [3.8, 4) is 11.5 Å². The average Bonchev–Trinajstić information content (AvgIpc) is 3.10. The van der Waals surface area contributed by atoms with E-state index in [4.69, 9.17) is 14.2 Å². The van der Waals surface area contributed by atoms with Gasteiger partial charge in [-0.1, -0.05) is 28.1 Å². The molecule has 1 saturated heterocycles. The molecule has 0 aliphatic carbocycles. The number of fused-ring (bicyclic) bond motifs is 3. The molecule has 5 rings (SSSR count). The molecule has 0 spiro atoms. The Balaban J connectivity index is 1.33. The number of carbonyl (C=O) groups is 1. The maximum atomic E-state index is 12.9. The second-order valence-corrected chi connectivity index (χ2v) is 8.61. The highest BCUT2D eigenvalue weighted by Crippen LogP contribution is 2.42. The van der Waals surface area contributed by atoms with Crippen molar-refractivity contribution < 1.29 is 19.0 Å². The number of carbonyl (C=O) groups excluding carboxylic acids is 1. The normalized spacial score (nSPS) is 20.6. The molecule has 0 aromatic heterocycles. The van der Waals surface area contributed by atoms with E-state index in [0.29, 0.717) is 30.3 Å². The standard InChI is InChI=1S/C23H23BrN2O4/c24-17-3-1-16(2-4-17)13-21-22(27)18-5-6-20-19(23(18)30-21)14-26(15-29-20)8-7-25-9-11-28-12-10-25/h1-6,13H,7-12,14-15H2/b21-13-. The Morgan fingerprint density at radius 3 is 2.57 bits per heavy atom. The van der Waals surface area contributed by atoms with E-state index >= 15 is 0 Å². The molecule has 3 aliphatic heterocycles. The number of ether oxygens (including phenoxy) is 3. The van der Waals surface area contributed by atoms with E-state index in [1.807, 2.05) is 36.4 Å². The number of Topliss-reactive ketones (excluding diaryl/α,β-unsaturated/α-hetero) is 1. The van der Waals surface area contributed by atoms with Gasteiger partial charge in [-0.25, -0.2) is 0 Å². The molecular weight excluding hydrogens is 448 g/mol. The molecule has 0 unspecified atom stereocenters. The maximum absolute atomic E-state index is 12.9. The summed E-state index contributed by atoms with van der Waals surface area (Å²) < 4.78 is 18.4. The molecule has 156 valence electrons. The fourth-order valence-corrected chi connectivity index (χ4v) is 4.23. The first-order valence-corrected chi connectivity index (χ1v) is 11.0. The molecule has 2 aromatic rings. The van der Waals surface area contributed by atoms with Crippen molar-refractivity contribution in [1.29, 1.82) is 0 Å². The third-order valence-electron chi connectivity index (χ3n) is 5.69. The number of nitrogens with zero attached hydrogens (tertiary/aromatic N) is 2. The lowest BCUT2D eigenvalue weighted by Gasteiger charge is -2.33. The molecule has 3 heterocycles. The van der Waals surface area contributed by atoms with Gasteiger partial charge in [0.15, 0.2) is 5.76 Å². The zero-order chi connectivity index (χ0) is 20.5. The highest BCUT2D eigenvalue weighted by atomic mass is 79.9. The van der Waals surface area contributed by atoms with E-state index in [1.54, 1.807) is 6.08 Å². The Morgan fingerprint density at radius 1 is 1.00 bits per heavy atom. The summed E-state index contributed by atoms with van der Waals surface area (Å²) in [4.78, 5) is 17.6. The zero-order valence-electron chi connectivity index (χ0n) is 16.6. The highest BCUT2D eigenvalue weighted by Gasteiger charge is 2.33. The van der Waals surface area contributed by atoms with Gasteiger partial charge in [0, 0.05) is 37.2 Å². The van der Waals surface area contributed by atoms with Crippen LogP contribution in [-0.2, 0) is 11.3 Å². The summed E-state index contributed by atoms with van der Waals surface area (Å²) in [5.74, 6) is 1.71. The SMILES string of the molecule is O=C1/C(=C/c2ccc(Br)cc2)Oc2c1ccc1c2CN(CCN2CCOCC2)CO1. The van der Waals surface area contributed by atoms with Gasteiger partial charge in [0.05, 0.1) is 24.3 Å². The van der Waals surface area contributed by atoms with Gasteiger partial charge >= 0.3 is 0 Å². The topological polar surface area (TPSA) is 51.2 Å². The summed E-state index contributed by atoms with van der Waals surface area (Å²) in [7, 11) is 0. The first kappa shape index (κ1) is 19.8. The zero-order valence-corrected chi connectivity index (χ0v) is 18.2. The van der Waals surface area contributed by atoms with Crippen LogP contribution < -0.4 is 9.47 Å². The average molecular weight is 471 g/mol. The number of allylic oxidation sites excluding steroid dienone is 1. The lowest BCUT2D eigenvalue weighted by atomic mass is 10.0. The summed E-state index contributed by atoms with van der Waals surface area (Å²) in [5, 5.41) is 0. The predicted molar refractivity (Wildman–Crippen MR) is 117 cm³/mol. The number of hydrogen-bond acceptors (Lipinski definition) is 6. The molecule has 0 saturated carbocycles. The van der Waals surface area contributed by atoms with Gasteiger partial charge in [-0.15, -0.1) is 0 Å². The van der Waals surface area contributed by atoms with Crippen molar-refractivity contribution in [3.63, 3.8) is 0 Å². The van der Waals surface area contributed by atoms with Crippen LogP contribution in [0.5, 0.6) is 11.5 Å². The molecule has 0 N–H and O–H groups in total. The van der Waals surface area contributed by atoms with Crippen LogP contribution in [0.15, 0.2) is 46.6 Å². The second kappa shape index (κ2) is 8.51. The first-order valence-electron chi connectivity index (χ1n) is 10.2. The Kier molecular flexibility index (Phi) is 5.60. The van der Waals surface area contributed by atoms with Crippen LogP contribution in [0.4, 0.5) is 0 Å². The summed E-state index contributed by atoms with van der Waals surface area (Å²) in [6, 6.07) is 11.5. The fraction of sp³-hybridized carbons (Fsp3) is 0.348. The minimum atomic E-state index is -0.0823. The van der Waals surface area contributed by atoms with Crippen LogP contribution in [0.25, 0.3) is 6.08 Å². The summed E-state index contributed by atoms with van der Waals surface area (Å²) in [6.07, 6.45) is 1.79. The number of benzene rings is 2. The van der Waals surface area contributed by atoms with Gasteiger partial charge in [0.25, 0.3) is 0 Å². The van der Waals surface area contributed by atoms with Gasteiger partial charge in [0.1, 0.15) is 18.2 Å². The second-order valence-electron chi connectivity index (χ2n) is 7.69. The van der Waals surface area contributed by atoms with E-state index in [2.05, 4.69) is 25.7 Å². The molecule has 0 atom stereocenters. The minimum absolute atomic E-state index is 0.0823. The van der Waals surface area contributed by atoms with Gasteiger partial charge in [-0.05, 0) is 35.9 Å². The van der Waals surface area contributed by atoms with Crippen molar-refractivity contribution in [2.45, 2.75) is 6.54 Å². The van der Waals surface area contributed by atoms with Crippen molar-refractivity contribution in [3.05, 3.63) is 63.3 Å². The first-order chi connectivity index (χ1) is 14.7. The third kappa shape index (κ3) is 4.03. The van der Waals surface area contributed by atoms with Crippen LogP contribution in [0.3, 0.4) is 0 Å². The number of rotatable bonds is 4. The van der Waals surface area contributed by atoms with Crippen LogP contribution in [-0.4, -0.2) is 61.7 Å². The Labute approximate surface area is 184 Å². The summed E-state index contributed by atoms with van der Waals surface area (Å²) >= 11 is 3.43. The van der Waals surface area contributed by atoms with Crippen LogP contribution in [0, 0.1) is 0 Å². The van der Waals surface area contributed by atoms with E-state index in [1.165, 1.54) is 0 Å². The highest BCUT2D eigenvalue weighted by molar-refractivity contribution is 9.10. The molecular formula is C23H23BrN2O4. The van der Waals surface area contributed by atoms with Crippen molar-refractivity contribution in [1.82, 2.24) is 9.80 Å². The number of halogens is 1. The van der Waals surface area contributed by atoms with E-state index in [9.17, 15) is 4.79 Å². The summed E-state index contributed by atoms with van der Waals surface area (Å²) in [5.41, 5.74) is 2.48. The molecule has 2 aromatic carbocycles. The van der Waals surface area contributed by atoms with Crippen LogP contribution in [0.2, 0.25) is 0 Å². The Morgan fingerprint density at radius 2 is 1.77 bits per heavy atom. The van der Waals surface area contributed by atoms with Crippen LogP contribution in [0.1, 0.15) is 21.5 Å². The number of ketones is 1. The molecule has 6 nitrogen and oxygen atoms in total. The van der Waals surface area contributed by atoms with Gasteiger partial charge < -0.3 is 14.2 Å². The van der Waals surface area contributed by atoms with Gasteiger partial charge in [-0.3, -0.25) is 14.6 Å². The minimum Gasteiger partial charge on any atom is -0.478 e. The van der Waals surface area contributed by atoms with E-state index < -0.39 is 0 Å². The summed E-state index contributed by atoms with van der Waals surface area (Å²) in [6.45, 7) is 6.69. The predicted octanol–water partition coefficient (Wildman–Crippen LogP) is 3.55. The van der Waals surface area contributed by atoms with Crippen molar-refractivity contribution in [2.75, 3.05) is 46.1 Å². The van der Waals surface area contributed by atoms with Crippen molar-refractivity contribution >= 4 is 27.8 Å². The van der Waals surface area contributed by atoms with Crippen LogP contribution >= 0.6 is 15.9 Å². The fourth-order valence-electron chi connectivity index (χ4n) is 3.97. The maximum Gasteiger partial charge on any atom is 0.231 e. The quantitative estimate of drug-likeness (QED) is 0.636. The lowest BCUT2D eigenvalue weighted by Crippen LogP contribution is -2.43. The Hall–Kier alpha value is -2.19. The lowest BCUT2D eigenvalue weighted by molar-refractivity contribution is 0.0239.